The summed E-state index contributed by atoms with van der Waals surface area (Å²) in [4.78, 5) is 0. The fourth-order valence-corrected chi connectivity index (χ4v) is 4.51. The average molecular weight is 262 g/mol. The Morgan fingerprint density at radius 3 is 2.53 bits per heavy atom. The Morgan fingerprint density at radius 1 is 1.18 bits per heavy atom. The molecule has 1 heterocycles. The van der Waals surface area contributed by atoms with Crippen molar-refractivity contribution >= 4 is 10.0 Å². The minimum absolute atomic E-state index is 0.0489. The Bertz CT molecular complexity index is 339. The Labute approximate surface area is 103 Å². The summed E-state index contributed by atoms with van der Waals surface area (Å²) in [5.41, 5.74) is 5.67. The molecule has 0 amide bonds. The number of rotatable bonds is 4. The van der Waals surface area contributed by atoms with Gasteiger partial charge >= 0.3 is 0 Å². The molecular weight excluding hydrogens is 240 g/mol. The lowest BCUT2D eigenvalue weighted by Gasteiger charge is -2.26. The van der Waals surface area contributed by atoms with Gasteiger partial charge in [-0.2, -0.15) is 0 Å². The molecule has 3 N–H and O–H groups in total. The van der Waals surface area contributed by atoms with Crippen LogP contribution in [0, 0.1) is 5.92 Å². The number of ether oxygens (including phenoxy) is 1. The van der Waals surface area contributed by atoms with E-state index in [1.165, 1.54) is 0 Å². The van der Waals surface area contributed by atoms with Crippen LogP contribution >= 0.6 is 0 Å². The van der Waals surface area contributed by atoms with E-state index in [1.807, 2.05) is 0 Å². The molecule has 1 aliphatic carbocycles. The highest BCUT2D eigenvalue weighted by atomic mass is 32.2. The Morgan fingerprint density at radius 2 is 1.88 bits per heavy atom. The van der Waals surface area contributed by atoms with Crippen LogP contribution in [0.15, 0.2) is 0 Å². The van der Waals surface area contributed by atoms with Crippen molar-refractivity contribution in [3.05, 3.63) is 0 Å². The van der Waals surface area contributed by atoms with E-state index in [2.05, 4.69) is 4.72 Å². The third-order valence-electron chi connectivity index (χ3n) is 3.88. The van der Waals surface area contributed by atoms with Gasteiger partial charge < -0.3 is 10.5 Å². The largest absolute Gasteiger partial charge is 0.381 e. The maximum Gasteiger partial charge on any atom is 0.214 e. The molecule has 1 aliphatic heterocycles. The van der Waals surface area contributed by atoms with Gasteiger partial charge in [-0.25, -0.2) is 13.1 Å². The summed E-state index contributed by atoms with van der Waals surface area (Å²) in [6.07, 6.45) is 4.25. The van der Waals surface area contributed by atoms with E-state index in [-0.39, 0.29) is 11.3 Å². The van der Waals surface area contributed by atoms with Crippen LogP contribution in [0.4, 0.5) is 0 Å². The quantitative estimate of drug-likeness (QED) is 0.759. The van der Waals surface area contributed by atoms with Gasteiger partial charge in [-0.3, -0.25) is 0 Å². The number of nitrogens with two attached hydrogens (primary N) is 1. The number of sulfonamides is 1. The summed E-state index contributed by atoms with van der Waals surface area (Å²) in [7, 11) is -3.20. The van der Waals surface area contributed by atoms with Crippen LogP contribution in [0.1, 0.15) is 32.1 Å². The predicted molar refractivity (Wildman–Crippen MR) is 66.1 cm³/mol. The summed E-state index contributed by atoms with van der Waals surface area (Å²) in [6, 6.07) is 0.0489. The molecule has 0 aromatic heterocycles. The van der Waals surface area contributed by atoms with Crippen molar-refractivity contribution < 1.29 is 13.2 Å². The first-order chi connectivity index (χ1) is 8.13. The highest BCUT2D eigenvalue weighted by Gasteiger charge is 2.34. The van der Waals surface area contributed by atoms with E-state index in [1.54, 1.807) is 0 Å². The van der Waals surface area contributed by atoms with E-state index in [0.717, 1.165) is 19.3 Å². The zero-order valence-electron chi connectivity index (χ0n) is 10.1. The summed E-state index contributed by atoms with van der Waals surface area (Å²) in [5, 5.41) is -0.282. The maximum absolute atomic E-state index is 12.2. The van der Waals surface area contributed by atoms with E-state index in [4.69, 9.17) is 10.5 Å². The fraction of sp³-hybridized carbons (Fsp3) is 1.00. The van der Waals surface area contributed by atoms with Crippen molar-refractivity contribution in [3.63, 3.8) is 0 Å². The topological polar surface area (TPSA) is 81.4 Å². The summed E-state index contributed by atoms with van der Waals surface area (Å²) >= 11 is 0. The van der Waals surface area contributed by atoms with Crippen LogP contribution in [0.2, 0.25) is 0 Å². The minimum atomic E-state index is -3.20. The van der Waals surface area contributed by atoms with Crippen LogP contribution in [-0.2, 0) is 14.8 Å². The lowest BCUT2D eigenvalue weighted by molar-refractivity contribution is 0.0980. The summed E-state index contributed by atoms with van der Waals surface area (Å²) < 4.78 is 32.4. The van der Waals surface area contributed by atoms with E-state index >= 15 is 0 Å². The number of nitrogens with one attached hydrogen (secondary N) is 1. The van der Waals surface area contributed by atoms with Crippen LogP contribution in [0.25, 0.3) is 0 Å². The van der Waals surface area contributed by atoms with Gasteiger partial charge in [-0.05, 0) is 38.1 Å². The van der Waals surface area contributed by atoms with Gasteiger partial charge in [0.05, 0.1) is 5.25 Å². The molecule has 2 aliphatic rings. The molecule has 6 heteroatoms. The third-order valence-corrected chi connectivity index (χ3v) is 5.86. The van der Waals surface area contributed by atoms with Gasteiger partial charge in [0.2, 0.25) is 10.0 Å². The highest BCUT2D eigenvalue weighted by Crippen LogP contribution is 2.26. The maximum atomic E-state index is 12.2. The summed E-state index contributed by atoms with van der Waals surface area (Å²) in [6.45, 7) is 1.67. The molecule has 5 nitrogen and oxygen atoms in total. The van der Waals surface area contributed by atoms with Crippen LogP contribution in [0.5, 0.6) is 0 Å². The van der Waals surface area contributed by atoms with Crippen molar-refractivity contribution in [1.29, 1.82) is 0 Å². The average Bonchev–Trinajstić information content (AvgIpc) is 2.77. The Balaban J connectivity index is 1.96. The van der Waals surface area contributed by atoms with E-state index in [0.29, 0.717) is 38.5 Å². The molecule has 0 aromatic rings. The molecule has 17 heavy (non-hydrogen) atoms. The second-order valence-electron chi connectivity index (χ2n) is 5.01. The monoisotopic (exact) mass is 262 g/mol. The van der Waals surface area contributed by atoms with Crippen LogP contribution in [-0.4, -0.2) is 39.5 Å². The third kappa shape index (κ3) is 3.19. The van der Waals surface area contributed by atoms with Gasteiger partial charge in [-0.1, -0.05) is 6.42 Å². The molecule has 1 saturated carbocycles. The van der Waals surface area contributed by atoms with E-state index in [9.17, 15) is 8.42 Å². The lowest BCUT2D eigenvalue weighted by Crippen LogP contribution is -2.45. The second-order valence-corrected chi connectivity index (χ2v) is 7.00. The molecule has 2 unspecified atom stereocenters. The molecule has 2 fully saturated rings. The van der Waals surface area contributed by atoms with Gasteiger partial charge in [-0.15, -0.1) is 0 Å². The zero-order valence-corrected chi connectivity index (χ0v) is 10.9. The first-order valence-electron chi connectivity index (χ1n) is 6.42. The molecular formula is C11H22N2O3S. The first kappa shape index (κ1) is 13.3. The van der Waals surface area contributed by atoms with E-state index < -0.39 is 10.0 Å². The number of hydrogen-bond acceptors (Lipinski definition) is 4. The van der Waals surface area contributed by atoms with Crippen molar-refractivity contribution in [3.8, 4) is 0 Å². The van der Waals surface area contributed by atoms with Gasteiger partial charge in [0.15, 0.2) is 0 Å². The zero-order chi connectivity index (χ0) is 12.3. The molecule has 0 aromatic carbocycles. The molecule has 2 rings (SSSR count). The van der Waals surface area contributed by atoms with Gasteiger partial charge in [0.1, 0.15) is 0 Å². The van der Waals surface area contributed by atoms with Crippen LogP contribution in [0.3, 0.4) is 0 Å². The predicted octanol–water partition coefficient (Wildman–Crippen LogP) is 0.212. The molecule has 100 valence electrons. The van der Waals surface area contributed by atoms with Crippen molar-refractivity contribution in [2.24, 2.45) is 11.7 Å². The highest BCUT2D eigenvalue weighted by molar-refractivity contribution is 7.90. The standard InChI is InChI=1S/C11H22N2O3S/c12-8-9-2-1-3-11(9)13-17(14,15)10-4-6-16-7-5-10/h9-11,13H,1-8,12H2. The van der Waals surface area contributed by atoms with Crippen molar-refractivity contribution in [1.82, 2.24) is 4.72 Å². The normalized spacial score (nSPS) is 31.8. The van der Waals surface area contributed by atoms with Gasteiger partial charge in [0, 0.05) is 19.3 Å². The molecule has 0 bridgehead atoms. The number of hydrogen-bond donors (Lipinski definition) is 2. The molecule has 0 spiro atoms. The second kappa shape index (κ2) is 5.65. The fourth-order valence-electron chi connectivity index (χ4n) is 2.77. The van der Waals surface area contributed by atoms with Gasteiger partial charge in [0.25, 0.3) is 0 Å². The Hall–Kier alpha value is -0.170. The van der Waals surface area contributed by atoms with Crippen LogP contribution < -0.4 is 10.5 Å². The smallest absolute Gasteiger partial charge is 0.214 e. The molecule has 0 radical (unpaired) electrons. The molecule has 1 saturated heterocycles. The van der Waals surface area contributed by atoms with Crippen molar-refractivity contribution in [2.45, 2.75) is 43.4 Å². The Kier molecular flexibility index (Phi) is 4.41. The SMILES string of the molecule is NCC1CCCC1NS(=O)(=O)C1CCOCC1. The summed E-state index contributed by atoms with van der Waals surface area (Å²) in [5.74, 6) is 0.310. The minimum Gasteiger partial charge on any atom is -0.381 e. The lowest BCUT2D eigenvalue weighted by atomic mass is 10.1. The first-order valence-corrected chi connectivity index (χ1v) is 7.97. The molecule has 2 atom stereocenters. The van der Waals surface area contributed by atoms with Crippen molar-refractivity contribution in [2.75, 3.05) is 19.8 Å².